The molecule has 19 heavy (non-hydrogen) atoms. The summed E-state index contributed by atoms with van der Waals surface area (Å²) in [6.45, 7) is 5.91. The van der Waals surface area contributed by atoms with Gasteiger partial charge in [-0.1, -0.05) is 0 Å². The van der Waals surface area contributed by atoms with E-state index in [1.807, 2.05) is 0 Å². The minimum atomic E-state index is -0.422. The van der Waals surface area contributed by atoms with Crippen LogP contribution in [0, 0.1) is 6.92 Å². The molecule has 0 bridgehead atoms. The first-order valence-electron chi connectivity index (χ1n) is 6.24. The lowest BCUT2D eigenvalue weighted by Crippen LogP contribution is -2.36. The first-order valence-corrected chi connectivity index (χ1v) is 6.24. The Balaban J connectivity index is 2.86. The van der Waals surface area contributed by atoms with Crippen molar-refractivity contribution in [1.29, 1.82) is 0 Å². The van der Waals surface area contributed by atoms with E-state index in [1.54, 1.807) is 26.8 Å². The van der Waals surface area contributed by atoms with Crippen molar-refractivity contribution in [2.24, 2.45) is 0 Å². The molecule has 5 heteroatoms. The molecular formula is C14H19NO4. The summed E-state index contributed by atoms with van der Waals surface area (Å²) in [4.78, 5) is 25.1. The van der Waals surface area contributed by atoms with Crippen LogP contribution in [0.3, 0.4) is 0 Å². The molecule has 0 fully saturated rings. The third kappa shape index (κ3) is 3.98. The molecule has 1 aromatic carbocycles. The molecule has 0 aliphatic rings. The number of esters is 1. The number of hydrogen-bond donors (Lipinski definition) is 1. The SMILES string of the molecule is CCOC(=O)CN(CC)C(=O)c1ccc(O)cc1C. The van der Waals surface area contributed by atoms with Crippen LogP contribution in [0.4, 0.5) is 0 Å². The van der Waals surface area contributed by atoms with Crippen molar-refractivity contribution in [3.8, 4) is 5.75 Å². The highest BCUT2D eigenvalue weighted by atomic mass is 16.5. The van der Waals surface area contributed by atoms with Crippen molar-refractivity contribution in [2.45, 2.75) is 20.8 Å². The van der Waals surface area contributed by atoms with Gasteiger partial charge in [0.1, 0.15) is 12.3 Å². The number of aryl methyl sites for hydroxylation is 1. The second-order valence-electron chi connectivity index (χ2n) is 4.12. The topological polar surface area (TPSA) is 66.8 Å². The van der Waals surface area contributed by atoms with Crippen LogP contribution in [-0.2, 0) is 9.53 Å². The highest BCUT2D eigenvalue weighted by Gasteiger charge is 2.19. The zero-order valence-corrected chi connectivity index (χ0v) is 11.5. The van der Waals surface area contributed by atoms with Crippen molar-refractivity contribution in [1.82, 2.24) is 4.90 Å². The molecule has 0 saturated heterocycles. The van der Waals surface area contributed by atoms with E-state index in [1.165, 1.54) is 17.0 Å². The van der Waals surface area contributed by atoms with Gasteiger partial charge in [-0.2, -0.15) is 0 Å². The molecule has 0 saturated carbocycles. The van der Waals surface area contributed by atoms with Gasteiger partial charge in [0, 0.05) is 12.1 Å². The lowest BCUT2D eigenvalue weighted by atomic mass is 10.1. The number of carbonyl (C=O) groups is 2. The van der Waals surface area contributed by atoms with Crippen LogP contribution in [0.5, 0.6) is 5.75 Å². The zero-order valence-electron chi connectivity index (χ0n) is 11.5. The van der Waals surface area contributed by atoms with Crippen LogP contribution in [0.25, 0.3) is 0 Å². The molecule has 1 rings (SSSR count). The second-order valence-corrected chi connectivity index (χ2v) is 4.12. The van der Waals surface area contributed by atoms with Crippen molar-refractivity contribution in [3.63, 3.8) is 0 Å². The molecular weight excluding hydrogens is 246 g/mol. The monoisotopic (exact) mass is 265 g/mol. The molecule has 0 heterocycles. The van der Waals surface area contributed by atoms with Crippen LogP contribution in [-0.4, -0.2) is 41.6 Å². The largest absolute Gasteiger partial charge is 0.508 e. The zero-order chi connectivity index (χ0) is 14.4. The highest BCUT2D eigenvalue weighted by Crippen LogP contribution is 2.17. The number of carbonyl (C=O) groups excluding carboxylic acids is 2. The van der Waals surface area contributed by atoms with Gasteiger partial charge >= 0.3 is 5.97 Å². The summed E-state index contributed by atoms with van der Waals surface area (Å²) in [5.74, 6) is -0.551. The number of phenolic OH excluding ortho intramolecular Hbond substituents is 1. The molecule has 0 aliphatic carbocycles. The molecule has 0 spiro atoms. The third-order valence-corrected chi connectivity index (χ3v) is 2.73. The van der Waals surface area contributed by atoms with Crippen LogP contribution in [0.15, 0.2) is 18.2 Å². The molecule has 104 valence electrons. The van der Waals surface area contributed by atoms with Crippen molar-refractivity contribution in [3.05, 3.63) is 29.3 Å². The van der Waals surface area contributed by atoms with E-state index in [-0.39, 0.29) is 18.2 Å². The van der Waals surface area contributed by atoms with Gasteiger partial charge in [-0.25, -0.2) is 0 Å². The smallest absolute Gasteiger partial charge is 0.325 e. The predicted molar refractivity (Wildman–Crippen MR) is 71.1 cm³/mol. The Bertz CT molecular complexity index is 471. The average Bonchev–Trinajstić information content (AvgIpc) is 2.35. The first-order chi connectivity index (χ1) is 8.99. The minimum Gasteiger partial charge on any atom is -0.508 e. The highest BCUT2D eigenvalue weighted by molar-refractivity contribution is 5.97. The summed E-state index contributed by atoms with van der Waals surface area (Å²) in [6, 6.07) is 4.53. The van der Waals surface area contributed by atoms with Gasteiger partial charge < -0.3 is 14.7 Å². The first kappa shape index (κ1) is 15.0. The van der Waals surface area contributed by atoms with Crippen molar-refractivity contribution >= 4 is 11.9 Å². The number of hydrogen-bond acceptors (Lipinski definition) is 4. The number of amides is 1. The molecule has 0 radical (unpaired) electrons. The number of rotatable bonds is 5. The van der Waals surface area contributed by atoms with Gasteiger partial charge in [-0.05, 0) is 44.5 Å². The molecule has 5 nitrogen and oxygen atoms in total. The standard InChI is InChI=1S/C14H19NO4/c1-4-15(9-13(17)19-5-2)14(18)12-7-6-11(16)8-10(12)3/h6-8,16H,4-5,9H2,1-3H3. The summed E-state index contributed by atoms with van der Waals surface area (Å²) in [5.41, 5.74) is 1.15. The van der Waals surface area contributed by atoms with Crippen LogP contribution in [0.2, 0.25) is 0 Å². The predicted octanol–water partition coefficient (Wildman–Crippen LogP) is 1.73. The van der Waals surface area contributed by atoms with Crippen LogP contribution in [0.1, 0.15) is 29.8 Å². The van der Waals surface area contributed by atoms with Crippen molar-refractivity contribution in [2.75, 3.05) is 19.7 Å². The van der Waals surface area contributed by atoms with E-state index in [4.69, 9.17) is 4.74 Å². The van der Waals surface area contributed by atoms with E-state index >= 15 is 0 Å². The molecule has 0 atom stereocenters. The van der Waals surface area contributed by atoms with Gasteiger partial charge in [0.2, 0.25) is 0 Å². The molecule has 1 amide bonds. The molecule has 1 aromatic rings. The maximum absolute atomic E-state index is 12.3. The number of likely N-dealkylation sites (N-methyl/N-ethyl adjacent to an activating group) is 1. The maximum Gasteiger partial charge on any atom is 0.325 e. The Morgan fingerprint density at radius 3 is 2.53 bits per heavy atom. The number of nitrogens with zero attached hydrogens (tertiary/aromatic N) is 1. The van der Waals surface area contributed by atoms with E-state index in [0.29, 0.717) is 24.3 Å². The second kappa shape index (κ2) is 6.78. The molecule has 1 N–H and O–H groups in total. The summed E-state index contributed by atoms with van der Waals surface area (Å²) in [5, 5.41) is 9.33. The van der Waals surface area contributed by atoms with E-state index in [2.05, 4.69) is 0 Å². The quantitative estimate of drug-likeness (QED) is 0.823. The summed E-state index contributed by atoms with van der Waals surface area (Å²) >= 11 is 0. The number of benzene rings is 1. The Kier molecular flexibility index (Phi) is 5.36. The maximum atomic E-state index is 12.3. The third-order valence-electron chi connectivity index (χ3n) is 2.73. The number of aromatic hydroxyl groups is 1. The van der Waals surface area contributed by atoms with Gasteiger partial charge in [-0.15, -0.1) is 0 Å². The lowest BCUT2D eigenvalue weighted by Gasteiger charge is -2.20. The van der Waals surface area contributed by atoms with Gasteiger partial charge in [0.25, 0.3) is 5.91 Å². The minimum absolute atomic E-state index is 0.0660. The van der Waals surface area contributed by atoms with Crippen LogP contribution >= 0.6 is 0 Å². The molecule has 0 aromatic heterocycles. The van der Waals surface area contributed by atoms with Crippen LogP contribution < -0.4 is 0 Å². The van der Waals surface area contributed by atoms with E-state index in [9.17, 15) is 14.7 Å². The fourth-order valence-corrected chi connectivity index (χ4v) is 1.75. The Labute approximate surface area is 112 Å². The Hall–Kier alpha value is -2.04. The van der Waals surface area contributed by atoms with E-state index < -0.39 is 5.97 Å². The van der Waals surface area contributed by atoms with Gasteiger partial charge in [0.15, 0.2) is 0 Å². The Morgan fingerprint density at radius 1 is 1.32 bits per heavy atom. The lowest BCUT2D eigenvalue weighted by molar-refractivity contribution is -0.143. The van der Waals surface area contributed by atoms with Gasteiger partial charge in [-0.3, -0.25) is 9.59 Å². The van der Waals surface area contributed by atoms with Crippen molar-refractivity contribution < 1.29 is 19.4 Å². The number of phenols is 1. The molecule has 0 aliphatic heterocycles. The molecule has 0 unspecified atom stereocenters. The summed E-state index contributed by atoms with van der Waals surface area (Å²) in [6.07, 6.45) is 0. The van der Waals surface area contributed by atoms with E-state index in [0.717, 1.165) is 0 Å². The normalized spacial score (nSPS) is 10.1. The number of ether oxygens (including phenoxy) is 1. The Morgan fingerprint density at radius 2 is 2.00 bits per heavy atom. The fourth-order valence-electron chi connectivity index (χ4n) is 1.75. The fraction of sp³-hybridized carbons (Fsp3) is 0.429. The van der Waals surface area contributed by atoms with Gasteiger partial charge in [0.05, 0.1) is 6.61 Å². The summed E-state index contributed by atoms with van der Waals surface area (Å²) in [7, 11) is 0. The summed E-state index contributed by atoms with van der Waals surface area (Å²) < 4.78 is 4.84. The average molecular weight is 265 g/mol.